The number of hydrogen-bond acceptors (Lipinski definition) is 2. The van der Waals surface area contributed by atoms with Gasteiger partial charge in [-0.1, -0.05) is 54.9 Å². The second kappa shape index (κ2) is 7.81. The molecule has 1 fully saturated rings. The van der Waals surface area contributed by atoms with Crippen LogP contribution in [0.3, 0.4) is 0 Å². The maximum Gasteiger partial charge on any atom is 0.139 e. The van der Waals surface area contributed by atoms with Gasteiger partial charge in [0.2, 0.25) is 0 Å². The van der Waals surface area contributed by atoms with Gasteiger partial charge >= 0.3 is 0 Å². The summed E-state index contributed by atoms with van der Waals surface area (Å²) >= 11 is 0. The molecule has 2 nitrogen and oxygen atoms in total. The molecule has 2 aliphatic carbocycles. The smallest absolute Gasteiger partial charge is 0.139 e. The first-order valence-corrected chi connectivity index (χ1v) is 10.6. The minimum Gasteiger partial charge on any atom is -0.373 e. The zero-order valence-corrected chi connectivity index (χ0v) is 16.8. The lowest BCUT2D eigenvalue weighted by molar-refractivity contribution is 0.0319. The Hall–Kier alpha value is -1.58. The van der Waals surface area contributed by atoms with E-state index in [0.29, 0.717) is 12.0 Å². The third-order valence-electron chi connectivity index (χ3n) is 6.80. The van der Waals surface area contributed by atoms with E-state index in [4.69, 9.17) is 10.5 Å². The van der Waals surface area contributed by atoms with Gasteiger partial charge in [-0.3, -0.25) is 0 Å². The maximum atomic E-state index is 6.52. The monoisotopic (exact) mass is 361 g/mol. The van der Waals surface area contributed by atoms with Crippen LogP contribution < -0.4 is 11.2 Å². The predicted octanol–water partition coefficient (Wildman–Crippen LogP) is 3.39. The Kier molecular flexibility index (Phi) is 5.43. The topological polar surface area (TPSA) is 35.2 Å². The minimum atomic E-state index is 0.0648. The number of ether oxygens (including phenoxy) is 1. The van der Waals surface area contributed by atoms with E-state index >= 15 is 0 Å². The SMILES string of the molecule is Bc1cccc(CO[C@@H]2CCc3cc([C@H]4CC[C@](N)(CC)C4)ccc3C2)c1. The molecule has 3 atom stereocenters. The van der Waals surface area contributed by atoms with Crippen LogP contribution in [0.1, 0.15) is 67.2 Å². The molecule has 0 aromatic heterocycles. The van der Waals surface area contributed by atoms with Gasteiger partial charge in [0.05, 0.1) is 12.7 Å². The summed E-state index contributed by atoms with van der Waals surface area (Å²) in [5.74, 6) is 0.649. The molecule has 2 aromatic carbocycles. The third kappa shape index (κ3) is 4.30. The summed E-state index contributed by atoms with van der Waals surface area (Å²) in [7, 11) is 2.14. The molecule has 0 bridgehead atoms. The second-order valence-electron chi connectivity index (χ2n) is 8.85. The Morgan fingerprint density at radius 3 is 2.81 bits per heavy atom. The van der Waals surface area contributed by atoms with Crippen LogP contribution in [0.4, 0.5) is 0 Å². The number of hydrogen-bond donors (Lipinski definition) is 1. The van der Waals surface area contributed by atoms with Gasteiger partial charge in [-0.05, 0) is 73.1 Å². The van der Waals surface area contributed by atoms with E-state index in [9.17, 15) is 0 Å². The van der Waals surface area contributed by atoms with Crippen molar-refractivity contribution in [2.75, 3.05) is 0 Å². The molecule has 27 heavy (non-hydrogen) atoms. The highest BCUT2D eigenvalue weighted by Gasteiger charge is 2.35. The van der Waals surface area contributed by atoms with Gasteiger partial charge in [-0.15, -0.1) is 0 Å². The van der Waals surface area contributed by atoms with E-state index in [1.54, 1.807) is 0 Å². The van der Waals surface area contributed by atoms with Gasteiger partial charge in [0, 0.05) is 5.54 Å². The number of aryl methyl sites for hydroxylation is 1. The van der Waals surface area contributed by atoms with Crippen molar-refractivity contribution in [2.24, 2.45) is 5.73 Å². The van der Waals surface area contributed by atoms with E-state index in [-0.39, 0.29) is 5.54 Å². The fraction of sp³-hybridized carbons (Fsp3) is 0.500. The first kappa shape index (κ1) is 18.8. The summed E-state index contributed by atoms with van der Waals surface area (Å²) in [6.45, 7) is 2.95. The Morgan fingerprint density at radius 1 is 1.15 bits per heavy atom. The first-order chi connectivity index (χ1) is 13.0. The molecule has 142 valence electrons. The summed E-state index contributed by atoms with van der Waals surface area (Å²) in [6, 6.07) is 15.8. The fourth-order valence-corrected chi connectivity index (χ4v) is 4.92. The van der Waals surface area contributed by atoms with Crippen molar-refractivity contribution >= 4 is 13.3 Å². The van der Waals surface area contributed by atoms with Crippen LogP contribution in [0.5, 0.6) is 0 Å². The van der Waals surface area contributed by atoms with Crippen molar-refractivity contribution < 1.29 is 4.74 Å². The summed E-state index contributed by atoms with van der Waals surface area (Å²) in [5.41, 5.74) is 13.7. The van der Waals surface area contributed by atoms with E-state index in [0.717, 1.165) is 38.7 Å². The van der Waals surface area contributed by atoms with Crippen LogP contribution in [0.25, 0.3) is 0 Å². The van der Waals surface area contributed by atoms with Crippen molar-refractivity contribution in [3.05, 3.63) is 64.7 Å². The highest BCUT2D eigenvalue weighted by Crippen LogP contribution is 2.42. The summed E-state index contributed by atoms with van der Waals surface area (Å²) < 4.78 is 6.24. The van der Waals surface area contributed by atoms with E-state index < -0.39 is 0 Å². The molecule has 0 saturated heterocycles. The van der Waals surface area contributed by atoms with Crippen molar-refractivity contribution in [2.45, 2.75) is 76.0 Å². The molecule has 0 unspecified atom stereocenters. The van der Waals surface area contributed by atoms with Crippen molar-refractivity contribution in [3.63, 3.8) is 0 Å². The Balaban J connectivity index is 1.38. The van der Waals surface area contributed by atoms with Gasteiger partial charge in [0.25, 0.3) is 0 Å². The number of rotatable bonds is 5. The summed E-state index contributed by atoms with van der Waals surface area (Å²) in [6.07, 6.45) is 8.29. The van der Waals surface area contributed by atoms with Gasteiger partial charge in [0.1, 0.15) is 7.85 Å². The van der Waals surface area contributed by atoms with E-state index in [1.165, 1.54) is 40.6 Å². The average Bonchev–Trinajstić information content (AvgIpc) is 3.09. The van der Waals surface area contributed by atoms with Gasteiger partial charge in [0.15, 0.2) is 0 Å². The quantitative estimate of drug-likeness (QED) is 0.829. The molecule has 0 heterocycles. The molecule has 0 radical (unpaired) electrons. The van der Waals surface area contributed by atoms with Gasteiger partial charge < -0.3 is 10.5 Å². The Morgan fingerprint density at radius 2 is 2.04 bits per heavy atom. The number of fused-ring (bicyclic) bond motifs is 1. The summed E-state index contributed by atoms with van der Waals surface area (Å²) in [4.78, 5) is 0. The van der Waals surface area contributed by atoms with Gasteiger partial charge in [-0.25, -0.2) is 0 Å². The average molecular weight is 361 g/mol. The number of nitrogens with two attached hydrogens (primary N) is 1. The standard InChI is InChI=1S/C24H32BNO/c1-2-24(26)11-10-21(15-24)19-6-7-20-14-23(9-8-18(20)13-19)27-16-17-4-3-5-22(25)12-17/h3-7,12-13,21,23H,2,8-11,14-16,25-26H2,1H3/t21-,23+,24+/m0/s1. The van der Waals surface area contributed by atoms with Crippen LogP contribution >= 0.6 is 0 Å². The van der Waals surface area contributed by atoms with Crippen LogP contribution in [-0.2, 0) is 24.2 Å². The summed E-state index contributed by atoms with van der Waals surface area (Å²) in [5, 5.41) is 0. The van der Waals surface area contributed by atoms with Gasteiger partial charge in [-0.2, -0.15) is 0 Å². The zero-order chi connectivity index (χ0) is 18.9. The van der Waals surface area contributed by atoms with Crippen LogP contribution in [0.15, 0.2) is 42.5 Å². The second-order valence-corrected chi connectivity index (χ2v) is 8.85. The Bertz CT molecular complexity index is 805. The predicted molar refractivity (Wildman–Crippen MR) is 115 cm³/mol. The van der Waals surface area contributed by atoms with Crippen molar-refractivity contribution in [3.8, 4) is 0 Å². The van der Waals surface area contributed by atoms with Crippen molar-refractivity contribution in [1.82, 2.24) is 0 Å². The fourth-order valence-electron chi connectivity index (χ4n) is 4.92. The molecular formula is C24H32BNO. The van der Waals surface area contributed by atoms with Crippen molar-refractivity contribution in [1.29, 1.82) is 0 Å². The van der Waals surface area contributed by atoms with Crippen LogP contribution in [-0.4, -0.2) is 19.5 Å². The molecule has 2 aliphatic rings. The van der Waals surface area contributed by atoms with Crippen LogP contribution in [0, 0.1) is 0 Å². The lowest BCUT2D eigenvalue weighted by Gasteiger charge is -2.26. The number of benzene rings is 2. The molecule has 0 spiro atoms. The van der Waals surface area contributed by atoms with E-state index in [1.807, 2.05) is 0 Å². The third-order valence-corrected chi connectivity index (χ3v) is 6.80. The highest BCUT2D eigenvalue weighted by molar-refractivity contribution is 6.32. The molecule has 3 heteroatoms. The molecule has 0 amide bonds. The largest absolute Gasteiger partial charge is 0.373 e. The zero-order valence-electron chi connectivity index (χ0n) is 16.8. The molecule has 1 saturated carbocycles. The van der Waals surface area contributed by atoms with Crippen LogP contribution in [0.2, 0.25) is 0 Å². The first-order valence-electron chi connectivity index (χ1n) is 10.6. The maximum absolute atomic E-state index is 6.52. The molecule has 4 rings (SSSR count). The molecule has 0 aliphatic heterocycles. The normalized spacial score (nSPS) is 27.5. The van der Waals surface area contributed by atoms with E-state index in [2.05, 4.69) is 57.2 Å². The molecular weight excluding hydrogens is 329 g/mol. The lowest BCUT2D eigenvalue weighted by Crippen LogP contribution is -2.35. The molecule has 2 N–H and O–H groups in total. The Labute approximate surface area is 164 Å². The molecule has 2 aromatic rings. The lowest BCUT2D eigenvalue weighted by atomic mass is 9.85. The highest BCUT2D eigenvalue weighted by atomic mass is 16.5. The minimum absolute atomic E-state index is 0.0648.